The zero-order chi connectivity index (χ0) is 18.2. The first-order valence-corrected chi connectivity index (χ1v) is 8.72. The van der Waals surface area contributed by atoms with Gasteiger partial charge in [-0.25, -0.2) is 0 Å². The lowest BCUT2D eigenvalue weighted by Crippen LogP contribution is -2.28. The zero-order valence-corrected chi connectivity index (χ0v) is 16.1. The van der Waals surface area contributed by atoms with E-state index in [-0.39, 0.29) is 18.4 Å². The fourth-order valence-corrected chi connectivity index (χ4v) is 2.76. The van der Waals surface area contributed by atoms with Crippen LogP contribution in [0.4, 0.5) is 0 Å². The van der Waals surface area contributed by atoms with Crippen molar-refractivity contribution in [3.8, 4) is 17.2 Å². The predicted octanol–water partition coefficient (Wildman–Crippen LogP) is 4.11. The minimum Gasteiger partial charge on any atom is -0.497 e. The van der Waals surface area contributed by atoms with Crippen LogP contribution >= 0.6 is 15.9 Å². The molecule has 1 unspecified atom stereocenters. The summed E-state index contributed by atoms with van der Waals surface area (Å²) in [6.07, 6.45) is 0.273. The van der Waals surface area contributed by atoms with Crippen LogP contribution in [0.2, 0.25) is 0 Å². The summed E-state index contributed by atoms with van der Waals surface area (Å²) < 4.78 is 17.1. The number of carbonyl (C=O) groups excluding carboxylic acids is 1. The third-order valence-electron chi connectivity index (χ3n) is 3.68. The van der Waals surface area contributed by atoms with Crippen LogP contribution in [-0.2, 0) is 4.79 Å². The summed E-state index contributed by atoms with van der Waals surface area (Å²) in [6, 6.07) is 12.9. The first kappa shape index (κ1) is 19.1. The van der Waals surface area contributed by atoms with Gasteiger partial charge >= 0.3 is 0 Å². The van der Waals surface area contributed by atoms with E-state index in [0.29, 0.717) is 18.1 Å². The Morgan fingerprint density at radius 1 is 1.12 bits per heavy atom. The van der Waals surface area contributed by atoms with E-state index < -0.39 is 0 Å². The van der Waals surface area contributed by atoms with Crippen molar-refractivity contribution >= 4 is 21.8 Å². The first-order valence-electron chi connectivity index (χ1n) is 7.93. The summed E-state index contributed by atoms with van der Waals surface area (Å²) in [4.78, 5) is 12.1. The third kappa shape index (κ3) is 5.67. The SMILES string of the molecule is COc1ccc(C(C)NC(=O)CCOc2cccc(Br)c2)c(OC)c1. The second-order valence-electron chi connectivity index (χ2n) is 5.45. The molecule has 1 amide bonds. The quantitative estimate of drug-likeness (QED) is 0.714. The molecule has 134 valence electrons. The van der Waals surface area contributed by atoms with Crippen molar-refractivity contribution in [1.29, 1.82) is 0 Å². The molecule has 0 aliphatic carbocycles. The van der Waals surface area contributed by atoms with Crippen LogP contribution in [0.15, 0.2) is 46.9 Å². The van der Waals surface area contributed by atoms with Crippen molar-refractivity contribution in [2.45, 2.75) is 19.4 Å². The van der Waals surface area contributed by atoms with Crippen molar-refractivity contribution in [2.75, 3.05) is 20.8 Å². The van der Waals surface area contributed by atoms with Gasteiger partial charge in [-0.15, -0.1) is 0 Å². The van der Waals surface area contributed by atoms with E-state index in [1.165, 1.54) is 0 Å². The van der Waals surface area contributed by atoms with Crippen LogP contribution in [0.3, 0.4) is 0 Å². The highest BCUT2D eigenvalue weighted by Gasteiger charge is 2.15. The number of benzene rings is 2. The molecule has 0 heterocycles. The molecule has 0 aliphatic heterocycles. The van der Waals surface area contributed by atoms with E-state index in [4.69, 9.17) is 14.2 Å². The van der Waals surface area contributed by atoms with Crippen LogP contribution in [-0.4, -0.2) is 26.7 Å². The van der Waals surface area contributed by atoms with Crippen LogP contribution in [0.25, 0.3) is 0 Å². The van der Waals surface area contributed by atoms with Crippen molar-refractivity contribution in [3.63, 3.8) is 0 Å². The van der Waals surface area contributed by atoms with E-state index >= 15 is 0 Å². The van der Waals surface area contributed by atoms with Gasteiger partial charge in [-0.05, 0) is 37.3 Å². The summed E-state index contributed by atoms with van der Waals surface area (Å²) in [5.41, 5.74) is 0.893. The summed E-state index contributed by atoms with van der Waals surface area (Å²) in [6.45, 7) is 2.23. The average Bonchev–Trinajstić information content (AvgIpc) is 2.61. The lowest BCUT2D eigenvalue weighted by molar-refractivity contribution is -0.122. The molecule has 0 spiro atoms. The normalized spacial score (nSPS) is 11.5. The molecule has 25 heavy (non-hydrogen) atoms. The minimum atomic E-state index is -0.181. The van der Waals surface area contributed by atoms with Gasteiger partial charge in [-0.3, -0.25) is 4.79 Å². The highest BCUT2D eigenvalue weighted by molar-refractivity contribution is 9.10. The number of ether oxygens (including phenoxy) is 3. The number of methoxy groups -OCH3 is 2. The first-order chi connectivity index (χ1) is 12.0. The summed E-state index contributed by atoms with van der Waals surface area (Å²) >= 11 is 3.39. The minimum absolute atomic E-state index is 0.0830. The number of amides is 1. The molecule has 0 radical (unpaired) electrons. The molecule has 5 nitrogen and oxygen atoms in total. The Kier molecular flexibility index (Phi) is 7.13. The molecular weight excluding hydrogens is 386 g/mol. The van der Waals surface area contributed by atoms with Gasteiger partial charge in [0.1, 0.15) is 17.2 Å². The van der Waals surface area contributed by atoms with Gasteiger partial charge in [0.25, 0.3) is 0 Å². The largest absolute Gasteiger partial charge is 0.497 e. The summed E-state index contributed by atoms with van der Waals surface area (Å²) in [5, 5.41) is 2.96. The summed E-state index contributed by atoms with van der Waals surface area (Å²) in [5.74, 6) is 2.03. The molecule has 0 saturated carbocycles. The Hall–Kier alpha value is -2.21. The van der Waals surface area contributed by atoms with E-state index in [9.17, 15) is 4.79 Å². The second kappa shape index (κ2) is 9.32. The second-order valence-corrected chi connectivity index (χ2v) is 6.37. The molecule has 0 aromatic heterocycles. The molecule has 0 bridgehead atoms. The predicted molar refractivity (Wildman–Crippen MR) is 100 cm³/mol. The Balaban J connectivity index is 1.87. The van der Waals surface area contributed by atoms with E-state index in [2.05, 4.69) is 21.2 Å². The lowest BCUT2D eigenvalue weighted by atomic mass is 10.1. The van der Waals surface area contributed by atoms with Crippen molar-refractivity contribution in [2.24, 2.45) is 0 Å². The maximum atomic E-state index is 12.1. The van der Waals surface area contributed by atoms with Crippen LogP contribution < -0.4 is 19.5 Å². The van der Waals surface area contributed by atoms with E-state index in [1.54, 1.807) is 20.3 Å². The number of halogens is 1. The van der Waals surface area contributed by atoms with Crippen LogP contribution in [0, 0.1) is 0 Å². The maximum absolute atomic E-state index is 12.1. The standard InChI is InChI=1S/C19H22BrNO4/c1-13(17-8-7-15(23-2)12-18(17)24-3)21-19(22)9-10-25-16-6-4-5-14(20)11-16/h4-8,11-13H,9-10H2,1-3H3,(H,21,22). The Labute approximate surface area is 156 Å². The molecule has 1 N–H and O–H groups in total. The number of hydrogen-bond donors (Lipinski definition) is 1. The van der Waals surface area contributed by atoms with Gasteiger partial charge in [0, 0.05) is 16.1 Å². The van der Waals surface area contributed by atoms with Gasteiger partial charge in [0.15, 0.2) is 0 Å². The number of carbonyl (C=O) groups is 1. The molecule has 2 rings (SSSR count). The third-order valence-corrected chi connectivity index (χ3v) is 4.17. The van der Waals surface area contributed by atoms with Crippen LogP contribution in [0.5, 0.6) is 17.2 Å². The molecular formula is C19H22BrNO4. The molecule has 2 aromatic carbocycles. The average molecular weight is 408 g/mol. The molecule has 1 atom stereocenters. The maximum Gasteiger partial charge on any atom is 0.223 e. The lowest BCUT2D eigenvalue weighted by Gasteiger charge is -2.18. The van der Waals surface area contributed by atoms with Crippen molar-refractivity contribution in [3.05, 3.63) is 52.5 Å². The zero-order valence-electron chi connectivity index (χ0n) is 14.5. The van der Waals surface area contributed by atoms with E-state index in [1.807, 2.05) is 43.3 Å². The van der Waals surface area contributed by atoms with Gasteiger partial charge in [-0.1, -0.05) is 22.0 Å². The molecule has 2 aromatic rings. The highest BCUT2D eigenvalue weighted by Crippen LogP contribution is 2.29. The van der Waals surface area contributed by atoms with Gasteiger partial charge in [0.05, 0.1) is 33.3 Å². The Bertz CT molecular complexity index is 720. The van der Waals surface area contributed by atoms with Gasteiger partial charge < -0.3 is 19.5 Å². The fraction of sp³-hybridized carbons (Fsp3) is 0.316. The van der Waals surface area contributed by atoms with Crippen molar-refractivity contribution < 1.29 is 19.0 Å². The van der Waals surface area contributed by atoms with Crippen LogP contribution in [0.1, 0.15) is 24.9 Å². The highest BCUT2D eigenvalue weighted by atomic mass is 79.9. The monoisotopic (exact) mass is 407 g/mol. The molecule has 0 fully saturated rings. The molecule has 0 aliphatic rings. The van der Waals surface area contributed by atoms with E-state index in [0.717, 1.165) is 15.8 Å². The Morgan fingerprint density at radius 3 is 2.60 bits per heavy atom. The number of rotatable bonds is 8. The fourth-order valence-electron chi connectivity index (χ4n) is 2.39. The topological polar surface area (TPSA) is 56.8 Å². The smallest absolute Gasteiger partial charge is 0.223 e. The number of hydrogen-bond acceptors (Lipinski definition) is 4. The van der Waals surface area contributed by atoms with Gasteiger partial charge in [-0.2, -0.15) is 0 Å². The van der Waals surface area contributed by atoms with Crippen molar-refractivity contribution in [1.82, 2.24) is 5.32 Å². The molecule has 6 heteroatoms. The summed E-state index contributed by atoms with van der Waals surface area (Å²) in [7, 11) is 3.20. The molecule has 0 saturated heterocycles. The number of nitrogens with one attached hydrogen (secondary N) is 1. The van der Waals surface area contributed by atoms with Gasteiger partial charge in [0.2, 0.25) is 5.91 Å². The Morgan fingerprint density at radius 2 is 1.92 bits per heavy atom.